The van der Waals surface area contributed by atoms with E-state index in [4.69, 9.17) is 23.2 Å². The van der Waals surface area contributed by atoms with Crippen molar-refractivity contribution in [3.63, 3.8) is 0 Å². The van der Waals surface area contributed by atoms with E-state index in [1.165, 1.54) is 18.6 Å². The molecule has 9 nitrogen and oxygen atoms in total. The average molecular weight is 668 g/mol. The monoisotopic (exact) mass is 666 g/mol. The Morgan fingerprint density at radius 1 is 1.17 bits per heavy atom. The van der Waals surface area contributed by atoms with Crippen LogP contribution in [-0.4, -0.2) is 78.6 Å². The number of alkyl halides is 5. The number of benzene rings is 1. The summed E-state index contributed by atoms with van der Waals surface area (Å²) < 4.78 is 92.9. The summed E-state index contributed by atoms with van der Waals surface area (Å²) in [6, 6.07) is -0.498. The molecule has 1 aliphatic heterocycles. The predicted octanol–water partition coefficient (Wildman–Crippen LogP) is 4.72. The molecule has 1 aliphatic rings. The molecule has 2 aromatic rings. The lowest BCUT2D eigenvalue weighted by Gasteiger charge is -2.31. The average Bonchev–Trinajstić information content (AvgIpc) is 3.27. The molecule has 0 radical (unpaired) electrons. The number of halogens is 7. The molecule has 41 heavy (non-hydrogen) atoms. The number of thiazole rings is 1. The van der Waals surface area contributed by atoms with Gasteiger partial charge in [-0.05, 0) is 26.8 Å². The molecule has 3 rings (SSSR count). The summed E-state index contributed by atoms with van der Waals surface area (Å²) in [6.07, 6.45) is -6.08. The molecule has 0 spiro atoms. The van der Waals surface area contributed by atoms with Gasteiger partial charge in [0.2, 0.25) is 10.0 Å². The number of rotatable bonds is 8. The smallest absolute Gasteiger partial charge is 0.389 e. The van der Waals surface area contributed by atoms with Gasteiger partial charge in [-0.1, -0.05) is 29.3 Å². The zero-order valence-corrected chi connectivity index (χ0v) is 24.8. The standard InChI is InChI=1S/C23H25Cl2F5N4O5S2/c1-11(23(28,29)30)33-41(38,39)13-5-4-12(14(24)15(13)25)17-16(20(36)34-8-6-22(26,27)7-9-34)32-19(40-17)18(35)31-10-21(2,3)37/h4-5,11,33,37H,6-10H2,1-3H3,(H,31,35). The Kier molecular flexibility index (Phi) is 9.67. The number of hydrogen-bond acceptors (Lipinski definition) is 7. The number of aliphatic hydroxyl groups is 1. The first-order chi connectivity index (χ1) is 18.6. The van der Waals surface area contributed by atoms with Gasteiger partial charge in [-0.15, -0.1) is 11.3 Å². The molecule has 0 aliphatic carbocycles. The van der Waals surface area contributed by atoms with Crippen LogP contribution in [0.3, 0.4) is 0 Å². The Bertz CT molecular complexity index is 1430. The summed E-state index contributed by atoms with van der Waals surface area (Å²) in [4.78, 5) is 30.5. The first-order valence-corrected chi connectivity index (χ1v) is 14.9. The second-order valence-electron chi connectivity index (χ2n) is 9.96. The van der Waals surface area contributed by atoms with Gasteiger partial charge in [-0.25, -0.2) is 22.2 Å². The first-order valence-electron chi connectivity index (χ1n) is 11.9. The highest BCUT2D eigenvalue weighted by Crippen LogP contribution is 2.42. The van der Waals surface area contributed by atoms with Gasteiger partial charge < -0.3 is 15.3 Å². The molecule has 1 atom stereocenters. The molecule has 1 aromatic heterocycles. The van der Waals surface area contributed by atoms with E-state index in [0.717, 1.165) is 17.0 Å². The molecule has 228 valence electrons. The second kappa shape index (κ2) is 11.9. The van der Waals surface area contributed by atoms with E-state index >= 15 is 0 Å². The molecular formula is C23H25Cl2F5N4O5S2. The van der Waals surface area contributed by atoms with Gasteiger partial charge in [-0.3, -0.25) is 9.59 Å². The van der Waals surface area contributed by atoms with E-state index in [1.807, 2.05) is 0 Å². The number of nitrogens with one attached hydrogen (secondary N) is 2. The first kappa shape index (κ1) is 33.4. The minimum absolute atomic E-state index is 0.0618. The van der Waals surface area contributed by atoms with E-state index in [9.17, 15) is 45.1 Å². The quantitative estimate of drug-likeness (QED) is 0.350. The fraction of sp³-hybridized carbons (Fsp3) is 0.522. The predicted molar refractivity (Wildman–Crippen MR) is 142 cm³/mol. The zero-order chi connectivity index (χ0) is 31.1. The van der Waals surface area contributed by atoms with E-state index in [2.05, 4.69) is 10.3 Å². The van der Waals surface area contributed by atoms with Crippen molar-refractivity contribution in [2.24, 2.45) is 0 Å². The molecule has 2 amide bonds. The Balaban J connectivity index is 2.07. The molecule has 1 fully saturated rings. The number of piperidine rings is 1. The van der Waals surface area contributed by atoms with Crippen LogP contribution in [0.25, 0.3) is 10.4 Å². The van der Waals surface area contributed by atoms with E-state index in [1.54, 1.807) is 0 Å². The Hall–Kier alpha value is -2.11. The van der Waals surface area contributed by atoms with Gasteiger partial charge in [0.1, 0.15) is 16.6 Å². The van der Waals surface area contributed by atoms with Gasteiger partial charge in [0, 0.05) is 38.0 Å². The summed E-state index contributed by atoms with van der Waals surface area (Å²) in [7, 11) is -4.81. The van der Waals surface area contributed by atoms with Gasteiger partial charge >= 0.3 is 6.18 Å². The van der Waals surface area contributed by atoms with Crippen LogP contribution in [-0.2, 0) is 10.0 Å². The molecule has 0 saturated carbocycles. The lowest BCUT2D eigenvalue weighted by atomic mass is 10.1. The molecule has 1 unspecified atom stereocenters. The van der Waals surface area contributed by atoms with E-state index in [-0.39, 0.29) is 40.8 Å². The van der Waals surface area contributed by atoms with Crippen LogP contribution in [0.1, 0.15) is 53.9 Å². The SMILES string of the molecule is CC(NS(=O)(=O)c1ccc(-c2sc(C(=O)NCC(C)(C)O)nc2C(=O)N2CCC(F)(F)CC2)c(Cl)c1Cl)C(F)(F)F. The number of sulfonamides is 1. The fourth-order valence-corrected chi connectivity index (χ4v) is 6.74. The lowest BCUT2D eigenvalue weighted by Crippen LogP contribution is -2.43. The van der Waals surface area contributed by atoms with Crippen molar-refractivity contribution in [3.05, 3.63) is 32.9 Å². The number of hydrogen-bond donors (Lipinski definition) is 3. The summed E-state index contributed by atoms with van der Waals surface area (Å²) in [6.45, 7) is 2.66. The van der Waals surface area contributed by atoms with Crippen LogP contribution in [0, 0.1) is 0 Å². The molecule has 3 N–H and O–H groups in total. The molecule has 1 saturated heterocycles. The van der Waals surface area contributed by atoms with Crippen molar-refractivity contribution in [1.29, 1.82) is 0 Å². The summed E-state index contributed by atoms with van der Waals surface area (Å²) in [5, 5.41) is 10.9. The number of nitrogens with zero attached hydrogens (tertiary/aromatic N) is 2. The zero-order valence-electron chi connectivity index (χ0n) is 21.7. The van der Waals surface area contributed by atoms with Crippen molar-refractivity contribution in [2.75, 3.05) is 19.6 Å². The van der Waals surface area contributed by atoms with E-state index in [0.29, 0.717) is 18.3 Å². The third kappa shape index (κ3) is 8.04. The summed E-state index contributed by atoms with van der Waals surface area (Å²) in [5.41, 5.74) is -1.72. The third-order valence-corrected chi connectivity index (χ3v) is 9.56. The van der Waals surface area contributed by atoms with Crippen LogP contribution < -0.4 is 10.0 Å². The normalized spacial score (nSPS) is 16.9. The highest BCUT2D eigenvalue weighted by molar-refractivity contribution is 7.89. The maximum Gasteiger partial charge on any atom is 0.404 e. The molecular weight excluding hydrogens is 642 g/mol. The van der Waals surface area contributed by atoms with Crippen LogP contribution in [0.4, 0.5) is 22.0 Å². The van der Waals surface area contributed by atoms with Crippen molar-refractivity contribution in [3.8, 4) is 10.4 Å². The Labute approximate surface area is 246 Å². The van der Waals surface area contributed by atoms with Crippen LogP contribution in [0.2, 0.25) is 10.0 Å². The maximum absolute atomic E-state index is 13.7. The molecule has 1 aromatic carbocycles. The van der Waals surface area contributed by atoms with Gasteiger partial charge in [0.15, 0.2) is 5.01 Å². The maximum atomic E-state index is 13.7. The number of amides is 2. The molecule has 0 bridgehead atoms. The van der Waals surface area contributed by atoms with Gasteiger partial charge in [0.05, 0.1) is 20.5 Å². The number of carbonyl (C=O) groups is 2. The summed E-state index contributed by atoms with van der Waals surface area (Å²) >= 11 is 13.2. The van der Waals surface area contributed by atoms with Crippen molar-refractivity contribution in [2.45, 2.75) is 62.3 Å². The van der Waals surface area contributed by atoms with E-state index < -0.39 is 73.4 Å². The number of likely N-dealkylation sites (tertiary alicyclic amines) is 1. The van der Waals surface area contributed by atoms with Crippen molar-refractivity contribution in [1.82, 2.24) is 19.9 Å². The minimum atomic E-state index is -4.89. The fourth-order valence-electron chi connectivity index (χ4n) is 3.58. The Morgan fingerprint density at radius 2 is 1.76 bits per heavy atom. The number of carbonyl (C=O) groups excluding carboxylic acids is 2. The van der Waals surface area contributed by atoms with Crippen molar-refractivity contribution < 1.29 is 45.1 Å². The molecule has 18 heteroatoms. The highest BCUT2D eigenvalue weighted by atomic mass is 35.5. The highest BCUT2D eigenvalue weighted by Gasteiger charge is 2.40. The number of aromatic nitrogens is 1. The van der Waals surface area contributed by atoms with Crippen LogP contribution in [0.15, 0.2) is 17.0 Å². The summed E-state index contributed by atoms with van der Waals surface area (Å²) in [5.74, 6) is -4.55. The van der Waals surface area contributed by atoms with Gasteiger partial charge in [-0.2, -0.15) is 17.9 Å². The Morgan fingerprint density at radius 3 is 2.29 bits per heavy atom. The third-order valence-electron chi connectivity index (χ3n) is 5.89. The molecule has 2 heterocycles. The van der Waals surface area contributed by atoms with Crippen molar-refractivity contribution >= 4 is 56.4 Å². The van der Waals surface area contributed by atoms with Crippen LogP contribution >= 0.6 is 34.5 Å². The topological polar surface area (TPSA) is 129 Å². The largest absolute Gasteiger partial charge is 0.404 e. The van der Waals surface area contributed by atoms with Crippen LogP contribution in [0.5, 0.6) is 0 Å². The van der Waals surface area contributed by atoms with Gasteiger partial charge in [0.25, 0.3) is 17.7 Å². The lowest BCUT2D eigenvalue weighted by molar-refractivity contribution is -0.147. The second-order valence-corrected chi connectivity index (χ2v) is 13.4. The minimum Gasteiger partial charge on any atom is -0.389 e.